The molecule has 2 heterocycles. The van der Waals surface area contributed by atoms with Crippen LogP contribution in [0.4, 0.5) is 0 Å². The van der Waals surface area contributed by atoms with Crippen molar-refractivity contribution in [3.05, 3.63) is 62.0 Å². The molecule has 7 heteroatoms. The van der Waals surface area contributed by atoms with Gasteiger partial charge in [0, 0.05) is 10.4 Å². The Morgan fingerprint density at radius 3 is 2.79 bits per heavy atom. The second-order valence-electron chi connectivity index (χ2n) is 7.47. The van der Waals surface area contributed by atoms with E-state index in [2.05, 4.69) is 4.98 Å². The molecule has 0 saturated heterocycles. The van der Waals surface area contributed by atoms with Crippen LogP contribution in [0.3, 0.4) is 0 Å². The molecule has 150 valence electrons. The van der Waals surface area contributed by atoms with Crippen molar-refractivity contribution in [3.63, 3.8) is 0 Å². The number of benzene rings is 1. The third kappa shape index (κ3) is 3.62. The summed E-state index contributed by atoms with van der Waals surface area (Å²) in [6, 6.07) is 5.68. The van der Waals surface area contributed by atoms with Crippen molar-refractivity contribution in [1.29, 1.82) is 0 Å². The molecule has 4 rings (SSSR count). The Morgan fingerprint density at radius 2 is 2.00 bits per heavy atom. The van der Waals surface area contributed by atoms with E-state index in [9.17, 15) is 14.4 Å². The van der Waals surface area contributed by atoms with Gasteiger partial charge >= 0.3 is 5.97 Å². The molecule has 0 unspecified atom stereocenters. The van der Waals surface area contributed by atoms with Gasteiger partial charge in [-0.3, -0.25) is 19.0 Å². The number of ketones is 1. The van der Waals surface area contributed by atoms with Crippen LogP contribution in [0.2, 0.25) is 0 Å². The molecular weight excluding hydrogens is 388 g/mol. The van der Waals surface area contributed by atoms with Gasteiger partial charge in [0.15, 0.2) is 6.10 Å². The van der Waals surface area contributed by atoms with Crippen molar-refractivity contribution in [2.75, 3.05) is 0 Å². The van der Waals surface area contributed by atoms with Gasteiger partial charge in [0.05, 0.1) is 11.7 Å². The van der Waals surface area contributed by atoms with Crippen molar-refractivity contribution in [3.8, 4) is 0 Å². The highest BCUT2D eigenvalue weighted by Crippen LogP contribution is 2.25. The summed E-state index contributed by atoms with van der Waals surface area (Å²) in [4.78, 5) is 43.7. The predicted octanol–water partition coefficient (Wildman–Crippen LogP) is 3.38. The summed E-state index contributed by atoms with van der Waals surface area (Å²) in [7, 11) is 0. The Kier molecular flexibility index (Phi) is 5.08. The maximum Gasteiger partial charge on any atom is 0.326 e. The third-order valence-corrected chi connectivity index (χ3v) is 6.63. The summed E-state index contributed by atoms with van der Waals surface area (Å²) in [6.45, 7) is 5.09. The number of esters is 1. The van der Waals surface area contributed by atoms with Gasteiger partial charge < -0.3 is 4.74 Å². The Bertz CT molecular complexity index is 1190. The maximum atomic E-state index is 12.7. The minimum absolute atomic E-state index is 0.238. The van der Waals surface area contributed by atoms with Crippen LogP contribution in [0.25, 0.3) is 10.2 Å². The number of carbonyl (C=O) groups is 2. The smallest absolute Gasteiger partial charge is 0.326 e. The summed E-state index contributed by atoms with van der Waals surface area (Å²) in [5, 5.41) is 0.532. The first-order chi connectivity index (χ1) is 13.8. The lowest BCUT2D eigenvalue weighted by molar-refractivity contribution is -0.147. The average molecular weight is 410 g/mol. The van der Waals surface area contributed by atoms with Gasteiger partial charge in [-0.25, -0.2) is 4.98 Å². The van der Waals surface area contributed by atoms with Gasteiger partial charge in [-0.15, -0.1) is 11.3 Å². The summed E-state index contributed by atoms with van der Waals surface area (Å²) >= 11 is 1.46. The van der Waals surface area contributed by atoms with Crippen LogP contribution in [-0.4, -0.2) is 27.4 Å². The van der Waals surface area contributed by atoms with E-state index >= 15 is 0 Å². The first kappa shape index (κ1) is 19.5. The number of rotatable bonds is 5. The fraction of sp³-hybridized carbons (Fsp3) is 0.364. The Hall–Kier alpha value is -2.80. The Balaban J connectivity index is 1.47. The molecule has 6 nitrogen and oxygen atoms in total. The molecule has 29 heavy (non-hydrogen) atoms. The third-order valence-electron chi connectivity index (χ3n) is 5.52. The SMILES string of the molecule is Cc1sc2ncn(CC(=O)O[C@H](C)C(=O)c3ccc4c(c3)CCC4)c(=O)c2c1C. The zero-order valence-corrected chi connectivity index (χ0v) is 17.5. The van der Waals surface area contributed by atoms with Crippen molar-refractivity contribution >= 4 is 33.3 Å². The van der Waals surface area contributed by atoms with Crippen molar-refractivity contribution in [2.24, 2.45) is 0 Å². The van der Waals surface area contributed by atoms with E-state index in [-0.39, 0.29) is 17.9 Å². The number of aromatic nitrogens is 2. The lowest BCUT2D eigenvalue weighted by atomic mass is 10.0. The van der Waals surface area contributed by atoms with E-state index in [0.29, 0.717) is 15.8 Å². The van der Waals surface area contributed by atoms with E-state index in [4.69, 9.17) is 4.74 Å². The first-order valence-electron chi connectivity index (χ1n) is 9.66. The molecule has 0 bridgehead atoms. The lowest BCUT2D eigenvalue weighted by Gasteiger charge is -2.14. The molecule has 1 aromatic carbocycles. The summed E-state index contributed by atoms with van der Waals surface area (Å²) in [5.41, 5.74) is 3.64. The van der Waals surface area contributed by atoms with Gasteiger partial charge in [0.2, 0.25) is 5.78 Å². The van der Waals surface area contributed by atoms with Crippen LogP contribution in [-0.2, 0) is 28.9 Å². The van der Waals surface area contributed by atoms with Crippen LogP contribution in [0, 0.1) is 13.8 Å². The quantitative estimate of drug-likeness (QED) is 0.476. The number of carbonyl (C=O) groups excluding carboxylic acids is 2. The number of hydrogen-bond acceptors (Lipinski definition) is 6. The van der Waals surface area contributed by atoms with Crippen molar-refractivity contribution < 1.29 is 14.3 Å². The largest absolute Gasteiger partial charge is 0.453 e. The van der Waals surface area contributed by atoms with E-state index in [0.717, 1.165) is 29.7 Å². The highest BCUT2D eigenvalue weighted by atomic mass is 32.1. The number of aryl methyl sites for hydroxylation is 4. The molecule has 1 atom stereocenters. The van der Waals surface area contributed by atoms with Crippen LogP contribution in [0.15, 0.2) is 29.3 Å². The molecule has 1 aliphatic rings. The molecule has 0 fully saturated rings. The van der Waals surface area contributed by atoms with Gasteiger partial charge in [-0.1, -0.05) is 12.1 Å². The number of hydrogen-bond donors (Lipinski definition) is 0. The van der Waals surface area contributed by atoms with Crippen molar-refractivity contribution in [2.45, 2.75) is 52.7 Å². The fourth-order valence-corrected chi connectivity index (χ4v) is 4.76. The number of thiophene rings is 1. The summed E-state index contributed by atoms with van der Waals surface area (Å²) in [6.07, 6.45) is 3.57. The maximum absolute atomic E-state index is 12.7. The van der Waals surface area contributed by atoms with Crippen molar-refractivity contribution in [1.82, 2.24) is 9.55 Å². The first-order valence-corrected chi connectivity index (χ1v) is 10.5. The van der Waals surface area contributed by atoms with Crippen LogP contribution >= 0.6 is 11.3 Å². The molecule has 0 amide bonds. The second kappa shape index (κ2) is 7.55. The average Bonchev–Trinajstić information content (AvgIpc) is 3.27. The number of fused-ring (bicyclic) bond motifs is 2. The number of ether oxygens (including phenoxy) is 1. The topological polar surface area (TPSA) is 78.3 Å². The molecule has 0 N–H and O–H groups in total. The normalized spacial score (nSPS) is 14.0. The molecule has 2 aromatic heterocycles. The second-order valence-corrected chi connectivity index (χ2v) is 8.68. The van der Waals surface area contributed by atoms with E-state index in [1.54, 1.807) is 13.0 Å². The highest BCUT2D eigenvalue weighted by molar-refractivity contribution is 7.18. The molecule has 1 aliphatic carbocycles. The highest BCUT2D eigenvalue weighted by Gasteiger charge is 2.22. The van der Waals surface area contributed by atoms with E-state index in [1.165, 1.54) is 33.4 Å². The minimum atomic E-state index is -0.917. The lowest BCUT2D eigenvalue weighted by Crippen LogP contribution is -2.30. The standard InChI is InChI=1S/C22H22N2O4S/c1-12-14(3)29-21-19(12)22(27)24(11-23-21)10-18(25)28-13(2)20(26)17-8-7-15-5-4-6-16(15)9-17/h7-9,11,13H,4-6,10H2,1-3H3/t13-/m1/s1. The zero-order valence-electron chi connectivity index (χ0n) is 16.7. The molecular formula is C22H22N2O4S. The minimum Gasteiger partial charge on any atom is -0.453 e. The molecule has 0 aliphatic heterocycles. The van der Waals surface area contributed by atoms with Gasteiger partial charge in [0.1, 0.15) is 11.4 Å². The van der Waals surface area contributed by atoms with Crippen LogP contribution < -0.4 is 5.56 Å². The van der Waals surface area contributed by atoms with E-state index in [1.807, 2.05) is 26.0 Å². The zero-order chi connectivity index (χ0) is 20.7. The predicted molar refractivity (Wildman–Crippen MR) is 112 cm³/mol. The van der Waals surface area contributed by atoms with Crippen LogP contribution in [0.5, 0.6) is 0 Å². The van der Waals surface area contributed by atoms with Gasteiger partial charge in [0.25, 0.3) is 5.56 Å². The summed E-state index contributed by atoms with van der Waals surface area (Å²) < 4.78 is 6.55. The Labute approximate surface area is 172 Å². The molecule has 3 aromatic rings. The van der Waals surface area contributed by atoms with Gasteiger partial charge in [-0.2, -0.15) is 0 Å². The molecule has 0 radical (unpaired) electrons. The fourth-order valence-electron chi connectivity index (χ4n) is 3.77. The van der Waals surface area contributed by atoms with Gasteiger partial charge in [-0.05, 0) is 62.8 Å². The Morgan fingerprint density at radius 1 is 1.24 bits per heavy atom. The van der Waals surface area contributed by atoms with E-state index < -0.39 is 12.1 Å². The monoisotopic (exact) mass is 410 g/mol. The number of Topliss-reactive ketones (excluding diaryl/α,β-unsaturated/α-hetero) is 1. The number of nitrogens with zero attached hydrogens (tertiary/aromatic N) is 2. The molecule has 0 spiro atoms. The summed E-state index contributed by atoms with van der Waals surface area (Å²) in [5.74, 6) is -0.877. The van der Waals surface area contributed by atoms with Crippen LogP contribution in [0.1, 0.15) is 45.3 Å². The molecule has 0 saturated carbocycles.